The van der Waals surface area contributed by atoms with Crippen molar-refractivity contribution in [2.45, 2.75) is 31.2 Å². The molecular formula is C13H14ClF6NO. The SMILES string of the molecule is COc1cc(C(F)(F)F)cc(C(F)(F)F)c1[C@H](N)C1CC1.Cl. The topological polar surface area (TPSA) is 35.2 Å². The number of halogens is 7. The summed E-state index contributed by atoms with van der Waals surface area (Å²) in [5.74, 6) is -0.631. The molecule has 9 heteroatoms. The van der Waals surface area contributed by atoms with Crippen LogP contribution in [-0.4, -0.2) is 7.11 Å². The quantitative estimate of drug-likeness (QED) is 0.812. The Balaban J connectivity index is 0.00000242. The second-order valence-corrected chi connectivity index (χ2v) is 5.00. The van der Waals surface area contributed by atoms with Gasteiger partial charge in [-0.05, 0) is 30.9 Å². The minimum atomic E-state index is -4.93. The van der Waals surface area contributed by atoms with Crippen LogP contribution in [0.15, 0.2) is 12.1 Å². The van der Waals surface area contributed by atoms with E-state index in [4.69, 9.17) is 10.5 Å². The van der Waals surface area contributed by atoms with Crippen LogP contribution in [-0.2, 0) is 12.4 Å². The smallest absolute Gasteiger partial charge is 0.416 e. The van der Waals surface area contributed by atoms with E-state index in [0.717, 1.165) is 7.11 Å². The van der Waals surface area contributed by atoms with E-state index in [1.165, 1.54) is 0 Å². The summed E-state index contributed by atoms with van der Waals surface area (Å²) in [6, 6.07) is -0.328. The molecule has 1 aliphatic rings. The molecule has 2 nitrogen and oxygen atoms in total. The summed E-state index contributed by atoms with van der Waals surface area (Å²) >= 11 is 0. The summed E-state index contributed by atoms with van der Waals surface area (Å²) in [5, 5.41) is 0. The van der Waals surface area contributed by atoms with Crippen LogP contribution in [0.2, 0.25) is 0 Å². The van der Waals surface area contributed by atoms with E-state index in [0.29, 0.717) is 18.9 Å². The molecule has 126 valence electrons. The number of nitrogens with two attached hydrogens (primary N) is 1. The number of benzene rings is 1. The van der Waals surface area contributed by atoms with E-state index in [9.17, 15) is 26.3 Å². The fourth-order valence-electron chi connectivity index (χ4n) is 2.23. The van der Waals surface area contributed by atoms with Crippen molar-refractivity contribution >= 4 is 12.4 Å². The maximum Gasteiger partial charge on any atom is 0.416 e. The van der Waals surface area contributed by atoms with Gasteiger partial charge in [0.25, 0.3) is 0 Å². The van der Waals surface area contributed by atoms with Crippen LogP contribution < -0.4 is 10.5 Å². The van der Waals surface area contributed by atoms with E-state index < -0.39 is 40.8 Å². The maximum absolute atomic E-state index is 13.1. The maximum atomic E-state index is 13.1. The van der Waals surface area contributed by atoms with Crippen molar-refractivity contribution in [3.63, 3.8) is 0 Å². The van der Waals surface area contributed by atoms with Gasteiger partial charge in [0.1, 0.15) is 5.75 Å². The highest BCUT2D eigenvalue weighted by molar-refractivity contribution is 5.85. The van der Waals surface area contributed by atoms with Crippen molar-refractivity contribution in [1.29, 1.82) is 0 Å². The first kappa shape index (κ1) is 18.9. The van der Waals surface area contributed by atoms with Gasteiger partial charge < -0.3 is 10.5 Å². The highest BCUT2D eigenvalue weighted by atomic mass is 35.5. The minimum Gasteiger partial charge on any atom is -0.496 e. The normalized spacial score (nSPS) is 16.9. The van der Waals surface area contributed by atoms with Gasteiger partial charge in [-0.1, -0.05) is 0 Å². The van der Waals surface area contributed by atoms with Gasteiger partial charge in [-0.3, -0.25) is 0 Å². The van der Waals surface area contributed by atoms with Gasteiger partial charge in [0.15, 0.2) is 0 Å². The predicted molar refractivity (Wildman–Crippen MR) is 69.9 cm³/mol. The third-order valence-electron chi connectivity index (χ3n) is 3.46. The Morgan fingerprint density at radius 2 is 1.64 bits per heavy atom. The molecule has 2 N–H and O–H groups in total. The van der Waals surface area contributed by atoms with Gasteiger partial charge in [-0.2, -0.15) is 26.3 Å². The van der Waals surface area contributed by atoms with Gasteiger partial charge in [0.2, 0.25) is 0 Å². The second-order valence-electron chi connectivity index (χ2n) is 5.00. The Bertz CT molecular complexity index is 539. The molecule has 1 aliphatic carbocycles. The van der Waals surface area contributed by atoms with Gasteiger partial charge in [-0.25, -0.2) is 0 Å². The van der Waals surface area contributed by atoms with Crippen LogP contribution in [0.4, 0.5) is 26.3 Å². The molecule has 0 heterocycles. The molecule has 1 aromatic rings. The average molecular weight is 350 g/mol. The summed E-state index contributed by atoms with van der Waals surface area (Å²) in [7, 11) is 1.03. The lowest BCUT2D eigenvalue weighted by atomic mass is 9.93. The molecule has 1 fully saturated rings. The first-order chi connectivity index (χ1) is 9.55. The van der Waals surface area contributed by atoms with Gasteiger partial charge in [-0.15, -0.1) is 12.4 Å². The minimum absolute atomic E-state index is 0. The van der Waals surface area contributed by atoms with Crippen molar-refractivity contribution < 1.29 is 31.1 Å². The predicted octanol–water partition coefficient (Wildman–Crippen LogP) is 4.56. The Morgan fingerprint density at radius 3 is 2.00 bits per heavy atom. The van der Waals surface area contributed by atoms with Crippen molar-refractivity contribution in [2.75, 3.05) is 7.11 Å². The fraction of sp³-hybridized carbons (Fsp3) is 0.538. The van der Waals surface area contributed by atoms with E-state index in [1.807, 2.05) is 0 Å². The number of ether oxygens (including phenoxy) is 1. The van der Waals surface area contributed by atoms with Crippen molar-refractivity contribution in [1.82, 2.24) is 0 Å². The molecule has 22 heavy (non-hydrogen) atoms. The zero-order chi connectivity index (χ0) is 16.0. The summed E-state index contributed by atoms with van der Waals surface area (Å²) in [5.41, 5.74) is 2.58. The van der Waals surface area contributed by atoms with Crippen molar-refractivity contribution in [2.24, 2.45) is 11.7 Å². The van der Waals surface area contributed by atoms with Crippen molar-refractivity contribution in [3.8, 4) is 5.75 Å². The molecule has 0 aromatic heterocycles. The molecule has 0 unspecified atom stereocenters. The van der Waals surface area contributed by atoms with Gasteiger partial charge >= 0.3 is 12.4 Å². The second kappa shape index (κ2) is 6.16. The van der Waals surface area contributed by atoms with Gasteiger partial charge in [0.05, 0.1) is 18.2 Å². The van der Waals surface area contributed by atoms with Gasteiger partial charge in [0, 0.05) is 11.6 Å². The molecule has 0 saturated heterocycles. The fourth-order valence-corrected chi connectivity index (χ4v) is 2.23. The number of alkyl halides is 6. The number of hydrogen-bond donors (Lipinski definition) is 1. The van der Waals surface area contributed by atoms with Crippen LogP contribution in [0.1, 0.15) is 35.6 Å². The molecule has 1 atom stereocenters. The first-order valence-corrected chi connectivity index (χ1v) is 6.17. The number of rotatable bonds is 3. The van der Waals surface area contributed by atoms with E-state index in [-0.39, 0.29) is 24.4 Å². The van der Waals surface area contributed by atoms with Crippen LogP contribution in [0.3, 0.4) is 0 Å². The Hall–Kier alpha value is -1.15. The molecule has 2 rings (SSSR count). The van der Waals surface area contributed by atoms with E-state index >= 15 is 0 Å². The van der Waals surface area contributed by atoms with Crippen LogP contribution in [0.5, 0.6) is 5.75 Å². The van der Waals surface area contributed by atoms with Crippen LogP contribution in [0, 0.1) is 5.92 Å². The monoisotopic (exact) mass is 349 g/mol. The Labute approximate surface area is 129 Å². The zero-order valence-corrected chi connectivity index (χ0v) is 12.2. The Morgan fingerprint density at radius 1 is 1.09 bits per heavy atom. The highest BCUT2D eigenvalue weighted by Gasteiger charge is 2.43. The largest absolute Gasteiger partial charge is 0.496 e. The molecule has 1 saturated carbocycles. The Kier molecular flexibility index (Phi) is 5.29. The summed E-state index contributed by atoms with van der Waals surface area (Å²) in [6.07, 6.45) is -8.52. The van der Waals surface area contributed by atoms with Crippen LogP contribution >= 0.6 is 12.4 Å². The molecule has 0 bridgehead atoms. The van der Waals surface area contributed by atoms with Crippen LogP contribution in [0.25, 0.3) is 0 Å². The molecule has 0 spiro atoms. The average Bonchev–Trinajstić information content (AvgIpc) is 3.18. The first-order valence-electron chi connectivity index (χ1n) is 6.17. The molecular weight excluding hydrogens is 336 g/mol. The lowest BCUT2D eigenvalue weighted by Crippen LogP contribution is -2.21. The molecule has 1 aromatic carbocycles. The van der Waals surface area contributed by atoms with Crippen molar-refractivity contribution in [3.05, 3.63) is 28.8 Å². The number of hydrogen-bond acceptors (Lipinski definition) is 2. The third-order valence-corrected chi connectivity index (χ3v) is 3.46. The summed E-state index contributed by atoms with van der Waals surface area (Å²) in [6.45, 7) is 0. The molecule has 0 aliphatic heterocycles. The molecule has 0 amide bonds. The number of methoxy groups -OCH3 is 1. The lowest BCUT2D eigenvalue weighted by Gasteiger charge is -2.23. The summed E-state index contributed by atoms with van der Waals surface area (Å²) in [4.78, 5) is 0. The third kappa shape index (κ3) is 3.78. The summed E-state index contributed by atoms with van der Waals surface area (Å²) < 4.78 is 82.2. The molecule has 0 radical (unpaired) electrons. The lowest BCUT2D eigenvalue weighted by molar-refractivity contribution is -0.143. The van der Waals surface area contributed by atoms with E-state index in [1.54, 1.807) is 0 Å². The highest BCUT2D eigenvalue weighted by Crippen LogP contribution is 2.48. The van der Waals surface area contributed by atoms with E-state index in [2.05, 4.69) is 0 Å². The standard InChI is InChI=1S/C13H13F6NO.ClH/c1-21-9-5-7(12(14,15)16)4-8(13(17,18)19)10(9)11(20)6-2-3-6;/h4-6,11H,2-3,20H2,1H3;1H/t11-;/m1./s1. The zero-order valence-electron chi connectivity index (χ0n) is 11.4.